The largest absolute Gasteiger partial charge is 0.766 e. The summed E-state index contributed by atoms with van der Waals surface area (Å²) in [6.07, 6.45) is -5.14. The van der Waals surface area contributed by atoms with E-state index in [4.69, 9.17) is 14.2 Å². The summed E-state index contributed by atoms with van der Waals surface area (Å²) in [5, 5.41) is 58.7. The van der Waals surface area contributed by atoms with Gasteiger partial charge in [-0.25, -0.2) is 5.01 Å². The highest BCUT2D eigenvalue weighted by atomic mass is 16.7. The first-order valence-electron chi connectivity index (χ1n) is 14.3. The minimum Gasteiger partial charge on any atom is -0.766 e. The molecule has 0 radical (unpaired) electrons. The number of benzene rings is 2. The van der Waals surface area contributed by atoms with Gasteiger partial charge in [0.15, 0.2) is 17.9 Å². The van der Waals surface area contributed by atoms with Crippen molar-refractivity contribution >= 4 is 29.2 Å². The van der Waals surface area contributed by atoms with Crippen molar-refractivity contribution in [1.29, 1.82) is 0 Å². The molecule has 15 nitrogen and oxygen atoms in total. The summed E-state index contributed by atoms with van der Waals surface area (Å²) in [6, 6.07) is 2.85. The van der Waals surface area contributed by atoms with Gasteiger partial charge in [-0.2, -0.15) is 0 Å². The Morgan fingerprint density at radius 3 is 2.35 bits per heavy atom. The number of nitrogens with zero attached hydrogens (tertiary/aromatic N) is 2. The Hall–Kier alpha value is -4.51. The molecular formula is C31H29N2O13-. The Kier molecular flexibility index (Phi) is 7.58. The van der Waals surface area contributed by atoms with Gasteiger partial charge in [0.1, 0.15) is 22.8 Å². The second-order valence-electron chi connectivity index (χ2n) is 11.7. The van der Waals surface area contributed by atoms with Gasteiger partial charge in [-0.15, -0.1) is 0 Å². The zero-order chi connectivity index (χ0) is 33.4. The maximum atomic E-state index is 13.8. The SMILES string of the molecule is COc1cccc2c1C(=O)c1c(O)c3c(c(O)c1C2=O)C[C@@](O)(C(C)=O)C[C@@H]3OC1CC(N([O-])N2C(=O)C=CC2=O)C(O)C(C)O1. The standard InChI is InChI=1S/C31H29N2O13/c1-12-26(37)16(33(43)32-19(35)7-8-20(32)36)9-21(45-12)46-18-11-31(42,13(2)34)10-15-23(18)30(41)25-24(28(15)39)27(38)14-5-4-6-17(44-3)22(14)29(25)40/h4-8,12,16,18,21,26,37,39,41-42H,9-11H2,1-3H3/q-1/t12?,16?,18-,21?,26?,31-/m0/s1. The molecule has 2 aromatic rings. The van der Waals surface area contributed by atoms with Crippen LogP contribution < -0.4 is 4.74 Å². The minimum atomic E-state index is -2.16. The molecule has 4 aliphatic rings. The monoisotopic (exact) mass is 637 g/mol. The number of aliphatic hydroxyl groups excluding tert-OH is 1. The summed E-state index contributed by atoms with van der Waals surface area (Å²) in [5.41, 5.74) is -3.86. The summed E-state index contributed by atoms with van der Waals surface area (Å²) in [4.78, 5) is 64.4. The number of hydrogen-bond donors (Lipinski definition) is 4. The van der Waals surface area contributed by atoms with Gasteiger partial charge >= 0.3 is 0 Å². The van der Waals surface area contributed by atoms with Crippen LogP contribution in [0.5, 0.6) is 17.2 Å². The molecule has 6 rings (SSSR count). The van der Waals surface area contributed by atoms with E-state index in [1.165, 1.54) is 32.2 Å². The lowest BCUT2D eigenvalue weighted by molar-refractivity contribution is -0.263. The van der Waals surface area contributed by atoms with Crippen LogP contribution in [0.25, 0.3) is 0 Å². The zero-order valence-corrected chi connectivity index (χ0v) is 24.8. The van der Waals surface area contributed by atoms with Crippen molar-refractivity contribution in [3.05, 3.63) is 68.9 Å². The van der Waals surface area contributed by atoms with Crippen LogP contribution in [0.2, 0.25) is 0 Å². The van der Waals surface area contributed by atoms with E-state index >= 15 is 0 Å². The van der Waals surface area contributed by atoms with Gasteiger partial charge in [0, 0.05) is 54.1 Å². The maximum Gasteiger partial charge on any atom is 0.267 e. The summed E-state index contributed by atoms with van der Waals surface area (Å²) in [7, 11) is 1.30. The molecule has 2 aliphatic heterocycles. The number of hydroxylamine groups is 1. The summed E-state index contributed by atoms with van der Waals surface area (Å²) in [5.74, 6) is -5.61. The average molecular weight is 638 g/mol. The van der Waals surface area contributed by atoms with Crippen LogP contribution in [0, 0.1) is 5.21 Å². The Bertz CT molecular complexity index is 1730. The van der Waals surface area contributed by atoms with E-state index in [1.807, 2.05) is 0 Å². The second-order valence-corrected chi connectivity index (χ2v) is 11.7. The Morgan fingerprint density at radius 2 is 1.72 bits per heavy atom. The van der Waals surface area contributed by atoms with Gasteiger partial charge in [0.25, 0.3) is 11.8 Å². The molecular weight excluding hydrogens is 608 g/mol. The predicted octanol–water partition coefficient (Wildman–Crippen LogP) is 0.710. The van der Waals surface area contributed by atoms with Crippen LogP contribution in [0.4, 0.5) is 0 Å². The molecule has 1 fully saturated rings. The molecule has 242 valence electrons. The number of Topliss-reactive ketones (excluding diaryl/α,β-unsaturated/α-hetero) is 1. The van der Waals surface area contributed by atoms with Crippen LogP contribution in [0.15, 0.2) is 30.4 Å². The first-order valence-corrected chi connectivity index (χ1v) is 14.3. The third-order valence-corrected chi connectivity index (χ3v) is 8.99. The first-order chi connectivity index (χ1) is 21.7. The molecule has 1 saturated heterocycles. The van der Waals surface area contributed by atoms with Crippen molar-refractivity contribution in [2.45, 2.75) is 69.4 Å². The fraction of sp³-hybridized carbons (Fsp3) is 0.387. The summed E-state index contributed by atoms with van der Waals surface area (Å²) < 4.78 is 17.1. The van der Waals surface area contributed by atoms with Gasteiger partial charge in [-0.3, -0.25) is 29.1 Å². The normalized spacial score (nSPS) is 28.8. The highest BCUT2D eigenvalue weighted by Crippen LogP contribution is 2.52. The number of hydrogen-bond acceptors (Lipinski definition) is 14. The molecule has 15 heteroatoms. The van der Waals surface area contributed by atoms with Crippen LogP contribution in [-0.4, -0.2) is 97.0 Å². The highest BCUT2D eigenvalue weighted by molar-refractivity contribution is 6.31. The number of ether oxygens (including phenoxy) is 3. The Labute approximate surface area is 260 Å². The van der Waals surface area contributed by atoms with E-state index in [9.17, 15) is 49.6 Å². The molecule has 2 amide bonds. The minimum absolute atomic E-state index is 0.0280. The molecule has 0 aromatic heterocycles. The molecule has 2 heterocycles. The number of aromatic hydroxyl groups is 2. The molecule has 0 bridgehead atoms. The smallest absolute Gasteiger partial charge is 0.267 e. The maximum absolute atomic E-state index is 13.8. The van der Waals surface area contributed by atoms with Crippen molar-refractivity contribution < 1.29 is 58.6 Å². The molecule has 4 unspecified atom stereocenters. The number of ketones is 3. The summed E-state index contributed by atoms with van der Waals surface area (Å²) >= 11 is 0. The molecule has 0 spiro atoms. The topological polar surface area (TPSA) is 224 Å². The molecule has 2 aromatic carbocycles. The number of hydrazine groups is 1. The lowest BCUT2D eigenvalue weighted by Gasteiger charge is -2.49. The van der Waals surface area contributed by atoms with Gasteiger partial charge in [0.2, 0.25) is 5.78 Å². The molecule has 4 N–H and O–H groups in total. The van der Waals surface area contributed by atoms with Crippen molar-refractivity contribution in [2.24, 2.45) is 0 Å². The third kappa shape index (κ3) is 4.62. The van der Waals surface area contributed by atoms with Gasteiger partial charge in [0.05, 0.1) is 42.1 Å². The quantitative estimate of drug-likeness (QED) is 0.166. The van der Waals surface area contributed by atoms with E-state index in [1.54, 1.807) is 0 Å². The van der Waals surface area contributed by atoms with Crippen LogP contribution >= 0.6 is 0 Å². The van der Waals surface area contributed by atoms with Crippen LogP contribution in [0.1, 0.15) is 75.8 Å². The molecule has 46 heavy (non-hydrogen) atoms. The van der Waals surface area contributed by atoms with Gasteiger partial charge in [-0.1, -0.05) is 12.1 Å². The van der Waals surface area contributed by atoms with E-state index in [-0.39, 0.29) is 33.2 Å². The third-order valence-electron chi connectivity index (χ3n) is 8.99. The number of fused-ring (bicyclic) bond motifs is 3. The Morgan fingerprint density at radius 1 is 1.07 bits per heavy atom. The summed E-state index contributed by atoms with van der Waals surface area (Å²) in [6.45, 7) is 2.51. The van der Waals surface area contributed by atoms with E-state index in [0.29, 0.717) is 5.01 Å². The van der Waals surface area contributed by atoms with Crippen molar-refractivity contribution in [3.63, 3.8) is 0 Å². The predicted molar refractivity (Wildman–Crippen MR) is 152 cm³/mol. The lowest BCUT2D eigenvalue weighted by Crippen LogP contribution is -2.59. The average Bonchev–Trinajstić information content (AvgIpc) is 3.35. The first kappa shape index (κ1) is 31.5. The highest BCUT2D eigenvalue weighted by Gasteiger charge is 2.50. The number of phenols is 2. The number of methoxy groups -OCH3 is 1. The van der Waals surface area contributed by atoms with Crippen molar-refractivity contribution in [2.75, 3.05) is 7.11 Å². The van der Waals surface area contributed by atoms with E-state index < -0.39 is 107 Å². The molecule has 6 atom stereocenters. The number of aliphatic hydroxyl groups is 2. The van der Waals surface area contributed by atoms with Gasteiger partial charge < -0.3 is 39.8 Å². The lowest BCUT2D eigenvalue weighted by atomic mass is 9.72. The van der Waals surface area contributed by atoms with E-state index in [0.717, 1.165) is 19.1 Å². The van der Waals surface area contributed by atoms with Gasteiger partial charge in [-0.05, 0) is 19.9 Å². The fourth-order valence-corrected chi connectivity index (χ4v) is 6.55. The number of imide groups is 1. The number of carbonyl (C=O) groups is 5. The number of amides is 2. The van der Waals surface area contributed by atoms with Crippen molar-refractivity contribution in [3.8, 4) is 17.2 Å². The fourth-order valence-electron chi connectivity index (χ4n) is 6.55. The van der Waals surface area contributed by atoms with Crippen LogP contribution in [0.3, 0.4) is 0 Å². The van der Waals surface area contributed by atoms with E-state index in [2.05, 4.69) is 0 Å². The number of rotatable bonds is 6. The second kappa shape index (κ2) is 11.1. The Balaban J connectivity index is 1.43. The molecule has 0 saturated carbocycles. The number of carbonyl (C=O) groups excluding carboxylic acids is 5. The van der Waals surface area contributed by atoms with Crippen LogP contribution in [-0.2, 0) is 30.3 Å². The molecule has 2 aliphatic carbocycles. The van der Waals surface area contributed by atoms with Crippen molar-refractivity contribution in [1.82, 2.24) is 10.2 Å². The zero-order valence-electron chi connectivity index (χ0n) is 24.8. The number of phenolic OH excluding ortho intramolecular Hbond substituents is 2.